The summed E-state index contributed by atoms with van der Waals surface area (Å²) in [6.45, 7) is 0. The van der Waals surface area contributed by atoms with Gasteiger partial charge in [0.15, 0.2) is 0 Å². The van der Waals surface area contributed by atoms with Gasteiger partial charge in [0, 0.05) is 50.0 Å². The molecule has 2 aromatic heterocycles. The molecule has 0 fully saturated rings. The highest BCUT2D eigenvalue weighted by molar-refractivity contribution is 6.12. The highest BCUT2D eigenvalue weighted by Gasteiger charge is 2.51. The van der Waals surface area contributed by atoms with Gasteiger partial charge in [0.25, 0.3) is 0 Å². The summed E-state index contributed by atoms with van der Waals surface area (Å²) in [4.78, 5) is 7.86. The van der Waals surface area contributed by atoms with E-state index in [9.17, 15) is 0 Å². The van der Waals surface area contributed by atoms with Crippen molar-refractivity contribution in [1.82, 2.24) is 9.55 Å². The van der Waals surface area contributed by atoms with Gasteiger partial charge in [0.05, 0.1) is 27.7 Å². The highest BCUT2D eigenvalue weighted by Crippen LogP contribution is 2.63. The molecule has 0 bridgehead atoms. The lowest BCUT2D eigenvalue weighted by Gasteiger charge is -2.32. The van der Waals surface area contributed by atoms with E-state index in [1.54, 1.807) is 0 Å². The number of rotatable bonds is 6. The van der Waals surface area contributed by atoms with Crippen LogP contribution in [0.25, 0.3) is 93.8 Å². The molecule has 2 aliphatic rings. The summed E-state index contributed by atoms with van der Waals surface area (Å²) in [6, 6.07) is 96.1. The van der Waals surface area contributed by atoms with Crippen molar-refractivity contribution in [2.45, 2.75) is 5.41 Å². The summed E-state index contributed by atoms with van der Waals surface area (Å²) in [6.07, 6.45) is 0. The van der Waals surface area contributed by atoms with Crippen LogP contribution >= 0.6 is 0 Å². The van der Waals surface area contributed by atoms with Gasteiger partial charge in [-0.1, -0.05) is 188 Å². The Morgan fingerprint density at radius 2 is 0.887 bits per heavy atom. The van der Waals surface area contributed by atoms with Crippen LogP contribution in [0.1, 0.15) is 22.3 Å². The van der Waals surface area contributed by atoms with Gasteiger partial charge in [-0.15, -0.1) is 0 Å². The lowest BCUT2D eigenvalue weighted by atomic mass is 9.70. The number of fused-ring (bicyclic) bond motifs is 15. The van der Waals surface area contributed by atoms with Crippen LogP contribution in [0, 0.1) is 0 Å². The second-order valence-electron chi connectivity index (χ2n) is 19.0. The molecule has 0 unspecified atom stereocenters. The minimum atomic E-state index is -0.463. The Hall–Kier alpha value is -9.31. The monoisotopic (exact) mass is 901 g/mol. The Labute approximate surface area is 411 Å². The van der Waals surface area contributed by atoms with Crippen LogP contribution in [-0.2, 0) is 5.41 Å². The molecule has 0 atom stereocenters. The zero-order chi connectivity index (χ0) is 46.6. The number of hydrogen-bond donors (Lipinski definition) is 0. The van der Waals surface area contributed by atoms with E-state index in [0.29, 0.717) is 0 Å². The number of hydrogen-bond acceptors (Lipinski definition) is 2. The van der Waals surface area contributed by atoms with E-state index < -0.39 is 5.41 Å². The van der Waals surface area contributed by atoms with E-state index in [-0.39, 0.29) is 0 Å². The third-order valence-corrected chi connectivity index (χ3v) is 15.3. The number of para-hydroxylation sites is 2. The van der Waals surface area contributed by atoms with Crippen molar-refractivity contribution in [3.8, 4) is 50.3 Å². The van der Waals surface area contributed by atoms with Crippen LogP contribution in [0.2, 0.25) is 0 Å². The number of anilines is 3. The lowest BCUT2D eigenvalue weighted by Crippen LogP contribution is -2.26. The molecule has 2 aliphatic carbocycles. The van der Waals surface area contributed by atoms with Gasteiger partial charge in [0.2, 0.25) is 0 Å². The van der Waals surface area contributed by atoms with E-state index in [2.05, 4.69) is 270 Å². The molecule has 3 nitrogen and oxygen atoms in total. The number of aromatic nitrogens is 2. The third kappa shape index (κ3) is 5.81. The van der Waals surface area contributed by atoms with Crippen LogP contribution in [0.15, 0.2) is 261 Å². The summed E-state index contributed by atoms with van der Waals surface area (Å²) >= 11 is 0. The van der Waals surface area contributed by atoms with Gasteiger partial charge < -0.3 is 9.47 Å². The predicted molar refractivity (Wildman–Crippen MR) is 295 cm³/mol. The highest BCUT2D eigenvalue weighted by atomic mass is 15.1. The van der Waals surface area contributed by atoms with Crippen LogP contribution in [0.3, 0.4) is 0 Å². The number of pyridine rings is 1. The lowest BCUT2D eigenvalue weighted by molar-refractivity contribution is 0.793. The van der Waals surface area contributed by atoms with Crippen molar-refractivity contribution in [2.75, 3.05) is 4.90 Å². The first-order chi connectivity index (χ1) is 35.2. The van der Waals surface area contributed by atoms with Gasteiger partial charge in [-0.25, -0.2) is 4.98 Å². The molecule has 0 saturated heterocycles. The van der Waals surface area contributed by atoms with Crippen molar-refractivity contribution in [2.24, 2.45) is 0 Å². The first kappa shape index (κ1) is 39.7. The molecule has 0 saturated carbocycles. The summed E-state index contributed by atoms with van der Waals surface area (Å²) < 4.78 is 2.42. The fourth-order valence-corrected chi connectivity index (χ4v) is 12.3. The molecule has 0 amide bonds. The normalized spacial score (nSPS) is 12.9. The zero-order valence-corrected chi connectivity index (χ0v) is 38.7. The maximum atomic E-state index is 5.38. The third-order valence-electron chi connectivity index (χ3n) is 15.3. The number of nitrogens with zero attached hydrogens (tertiary/aromatic N) is 3. The summed E-state index contributed by atoms with van der Waals surface area (Å²) in [7, 11) is 0. The molecule has 330 valence electrons. The standard InChI is InChI=1S/C68H43N3/c1-3-18-45(19-4-1)58-40-47-21-9-16-30-64(47)69-67(58)48-32-36-57-59-42-51(35-38-65(59)71(66(57)41-48)49-22-5-2-6-23-49)70(50-33-31-44-17-7-8-20-46(44)39-50)52-34-37-56-55-26-12-15-29-62(55)68(63(56)43-52)60-27-13-10-24-53(60)54-25-11-14-28-61(54)68/h1-43H. The SMILES string of the molecule is c1ccc(-c2cc3ccccc3nc2-c2ccc3c4cc(N(c5ccc6c(c5)C5(c7ccccc7-c7ccccc75)c5ccccc5-6)c5ccc6ccccc6c5)ccc4n(-c4ccccc4)c3c2)cc1. The maximum Gasteiger partial charge on any atom is 0.0788 e. The zero-order valence-electron chi connectivity index (χ0n) is 38.7. The summed E-state index contributed by atoms with van der Waals surface area (Å²) in [5.41, 5.74) is 22.0. The fourth-order valence-electron chi connectivity index (χ4n) is 12.3. The molecule has 13 aromatic rings. The Kier molecular flexibility index (Phi) is 8.57. The van der Waals surface area contributed by atoms with E-state index >= 15 is 0 Å². The maximum absolute atomic E-state index is 5.38. The van der Waals surface area contributed by atoms with E-state index in [1.165, 1.54) is 66.1 Å². The molecular weight excluding hydrogens is 859 g/mol. The topological polar surface area (TPSA) is 21.1 Å². The Morgan fingerprint density at radius 3 is 1.62 bits per heavy atom. The molecule has 15 rings (SSSR count). The minimum absolute atomic E-state index is 0.463. The molecule has 1 spiro atoms. The molecule has 0 aliphatic heterocycles. The molecule has 71 heavy (non-hydrogen) atoms. The smallest absolute Gasteiger partial charge is 0.0788 e. The second-order valence-corrected chi connectivity index (χ2v) is 19.0. The Bertz CT molecular complexity index is 4240. The first-order valence-corrected chi connectivity index (χ1v) is 24.5. The molecule has 3 heteroatoms. The average molecular weight is 902 g/mol. The largest absolute Gasteiger partial charge is 0.310 e. The van der Waals surface area contributed by atoms with Crippen molar-refractivity contribution >= 4 is 60.5 Å². The van der Waals surface area contributed by atoms with Crippen molar-refractivity contribution in [3.05, 3.63) is 283 Å². The quantitative estimate of drug-likeness (QED) is 0.166. The van der Waals surface area contributed by atoms with E-state index in [4.69, 9.17) is 4.98 Å². The van der Waals surface area contributed by atoms with Gasteiger partial charge in [-0.05, 0) is 134 Å². The van der Waals surface area contributed by atoms with Gasteiger partial charge in [0.1, 0.15) is 0 Å². The Morgan fingerprint density at radius 1 is 0.324 bits per heavy atom. The second kappa shape index (κ2) is 15.3. The molecular formula is C68H43N3. The predicted octanol–water partition coefficient (Wildman–Crippen LogP) is 17.6. The van der Waals surface area contributed by atoms with Crippen molar-refractivity contribution in [3.63, 3.8) is 0 Å². The fraction of sp³-hybridized carbons (Fsp3) is 0.0147. The molecule has 0 N–H and O–H groups in total. The van der Waals surface area contributed by atoms with Crippen molar-refractivity contribution < 1.29 is 0 Å². The van der Waals surface area contributed by atoms with Crippen LogP contribution in [0.5, 0.6) is 0 Å². The van der Waals surface area contributed by atoms with Gasteiger partial charge >= 0.3 is 0 Å². The first-order valence-electron chi connectivity index (χ1n) is 24.5. The minimum Gasteiger partial charge on any atom is -0.310 e. The average Bonchev–Trinajstić information content (AvgIpc) is 4.04. The summed E-state index contributed by atoms with van der Waals surface area (Å²) in [5, 5.41) is 5.89. The summed E-state index contributed by atoms with van der Waals surface area (Å²) in [5.74, 6) is 0. The van der Waals surface area contributed by atoms with Crippen LogP contribution < -0.4 is 4.90 Å². The van der Waals surface area contributed by atoms with E-state index in [0.717, 1.165) is 67.1 Å². The van der Waals surface area contributed by atoms with Gasteiger partial charge in [-0.3, -0.25) is 0 Å². The molecule has 0 radical (unpaired) electrons. The van der Waals surface area contributed by atoms with Crippen LogP contribution in [0.4, 0.5) is 17.1 Å². The molecule has 2 heterocycles. The van der Waals surface area contributed by atoms with Crippen molar-refractivity contribution in [1.29, 1.82) is 0 Å². The number of benzene rings is 11. The Balaban J connectivity index is 0.970. The molecule has 11 aromatic carbocycles. The van der Waals surface area contributed by atoms with E-state index in [1.807, 2.05) is 0 Å². The van der Waals surface area contributed by atoms with Crippen LogP contribution in [-0.4, -0.2) is 9.55 Å². The van der Waals surface area contributed by atoms with Gasteiger partial charge in [-0.2, -0.15) is 0 Å².